The summed E-state index contributed by atoms with van der Waals surface area (Å²) in [5.41, 5.74) is 6.58. The van der Waals surface area contributed by atoms with Crippen molar-refractivity contribution in [1.82, 2.24) is 9.55 Å². The lowest BCUT2D eigenvalue weighted by Gasteiger charge is -2.31. The van der Waals surface area contributed by atoms with Crippen molar-refractivity contribution < 1.29 is 14.6 Å². The molecule has 9 nitrogen and oxygen atoms in total. The molecule has 3 heterocycles. The third-order valence-corrected chi connectivity index (χ3v) is 7.34. The van der Waals surface area contributed by atoms with Crippen LogP contribution in [0.1, 0.15) is 34.0 Å². The minimum absolute atomic E-state index is 0.0925. The Hall–Kier alpha value is -4.47. The summed E-state index contributed by atoms with van der Waals surface area (Å²) in [7, 11) is 5.65. The van der Waals surface area contributed by atoms with Gasteiger partial charge in [-0.15, -0.1) is 0 Å². The molecule has 212 valence electrons. The van der Waals surface area contributed by atoms with Crippen molar-refractivity contribution in [3.8, 4) is 11.1 Å². The van der Waals surface area contributed by atoms with Crippen molar-refractivity contribution in [3.05, 3.63) is 99.6 Å². The first kappa shape index (κ1) is 28.1. The van der Waals surface area contributed by atoms with Crippen molar-refractivity contribution in [2.45, 2.75) is 26.6 Å². The molecular formula is C32H35N5O4. The lowest BCUT2D eigenvalue weighted by molar-refractivity contribution is 0.0980. The molecule has 0 fully saturated rings. The molecule has 5 rings (SSSR count). The number of ether oxygens (including phenoxy) is 1. The predicted molar refractivity (Wildman–Crippen MR) is 162 cm³/mol. The zero-order valence-electron chi connectivity index (χ0n) is 23.8. The molecule has 0 aliphatic carbocycles. The molecule has 0 bridgehead atoms. The molecule has 0 spiro atoms. The van der Waals surface area contributed by atoms with Crippen LogP contribution in [0, 0.1) is 0 Å². The summed E-state index contributed by atoms with van der Waals surface area (Å²) in [4.78, 5) is 34.8. The van der Waals surface area contributed by atoms with Crippen LogP contribution in [-0.2, 0) is 31.4 Å². The number of nitrogens with one attached hydrogen (secondary N) is 1. The fourth-order valence-electron chi connectivity index (χ4n) is 5.14. The molecule has 2 aromatic carbocycles. The van der Waals surface area contributed by atoms with Gasteiger partial charge < -0.3 is 29.5 Å². The van der Waals surface area contributed by atoms with Crippen LogP contribution in [0.2, 0.25) is 0 Å². The van der Waals surface area contributed by atoms with Crippen LogP contribution in [0.4, 0.5) is 22.9 Å². The molecular weight excluding hydrogens is 518 g/mol. The quantitative estimate of drug-likeness (QED) is 0.315. The number of hydrogen-bond acceptors (Lipinski definition) is 7. The fourth-order valence-corrected chi connectivity index (χ4v) is 5.14. The monoisotopic (exact) mass is 553 g/mol. The molecule has 4 aromatic rings. The third kappa shape index (κ3) is 5.73. The van der Waals surface area contributed by atoms with Crippen LogP contribution < -0.4 is 20.7 Å². The predicted octanol–water partition coefficient (Wildman–Crippen LogP) is 4.49. The highest BCUT2D eigenvalue weighted by atomic mass is 16.5. The zero-order chi connectivity index (χ0) is 29.1. The molecule has 2 N–H and O–H groups in total. The van der Waals surface area contributed by atoms with Crippen molar-refractivity contribution in [2.24, 2.45) is 7.05 Å². The van der Waals surface area contributed by atoms with Crippen LogP contribution in [0.15, 0.2) is 71.8 Å². The van der Waals surface area contributed by atoms with E-state index in [0.717, 1.165) is 27.9 Å². The van der Waals surface area contributed by atoms with Gasteiger partial charge in [-0.25, -0.2) is 4.98 Å². The summed E-state index contributed by atoms with van der Waals surface area (Å²) in [5, 5.41) is 13.7. The van der Waals surface area contributed by atoms with Crippen LogP contribution in [0.3, 0.4) is 0 Å². The van der Waals surface area contributed by atoms with Gasteiger partial charge in [-0.1, -0.05) is 18.2 Å². The first-order valence-corrected chi connectivity index (χ1v) is 13.7. The summed E-state index contributed by atoms with van der Waals surface area (Å²) in [6, 6.07) is 17.0. The first-order chi connectivity index (χ1) is 19.8. The van der Waals surface area contributed by atoms with Gasteiger partial charge in [0.25, 0.3) is 11.5 Å². The number of rotatable bonds is 9. The Bertz CT molecular complexity index is 1630. The van der Waals surface area contributed by atoms with E-state index in [9.17, 15) is 14.7 Å². The Morgan fingerprint density at radius 1 is 1.07 bits per heavy atom. The number of aromatic nitrogens is 2. The number of benzene rings is 2. The first-order valence-electron chi connectivity index (χ1n) is 13.7. The summed E-state index contributed by atoms with van der Waals surface area (Å²) in [6.07, 6.45) is 4.16. The van der Waals surface area contributed by atoms with Gasteiger partial charge in [0.05, 0.1) is 18.9 Å². The van der Waals surface area contributed by atoms with Crippen LogP contribution >= 0.6 is 0 Å². The Balaban J connectivity index is 1.48. The number of aryl methyl sites for hydroxylation is 1. The van der Waals surface area contributed by atoms with E-state index in [4.69, 9.17) is 4.74 Å². The Labute approximate surface area is 239 Å². The maximum absolute atomic E-state index is 13.6. The van der Waals surface area contributed by atoms with Crippen LogP contribution in [0.25, 0.3) is 11.1 Å². The van der Waals surface area contributed by atoms with Crippen molar-refractivity contribution in [1.29, 1.82) is 0 Å². The van der Waals surface area contributed by atoms with Crippen molar-refractivity contribution in [3.63, 3.8) is 0 Å². The van der Waals surface area contributed by atoms with E-state index in [0.29, 0.717) is 54.5 Å². The van der Waals surface area contributed by atoms with Gasteiger partial charge in [0.2, 0.25) is 0 Å². The van der Waals surface area contributed by atoms with E-state index in [1.807, 2.05) is 68.4 Å². The lowest BCUT2D eigenvalue weighted by atomic mass is 9.94. The van der Waals surface area contributed by atoms with Gasteiger partial charge in [0.1, 0.15) is 11.5 Å². The van der Waals surface area contributed by atoms with Gasteiger partial charge in [0, 0.05) is 69.1 Å². The molecule has 9 heteroatoms. The summed E-state index contributed by atoms with van der Waals surface area (Å²) >= 11 is 0. The molecule has 1 aliphatic rings. The molecule has 41 heavy (non-hydrogen) atoms. The third-order valence-electron chi connectivity index (χ3n) is 7.34. The molecule has 1 amide bonds. The van der Waals surface area contributed by atoms with E-state index in [1.54, 1.807) is 30.4 Å². The van der Waals surface area contributed by atoms with Gasteiger partial charge in [-0.2, -0.15) is 0 Å². The van der Waals surface area contributed by atoms with Gasteiger partial charge in [-0.05, 0) is 66.4 Å². The zero-order valence-corrected chi connectivity index (χ0v) is 23.8. The smallest absolute Gasteiger partial charge is 0.274 e. The molecule has 0 atom stereocenters. The normalized spacial score (nSPS) is 12.8. The Kier molecular flexibility index (Phi) is 8.19. The minimum Gasteiger partial charge on any atom is -0.392 e. The molecule has 0 saturated heterocycles. The van der Waals surface area contributed by atoms with E-state index >= 15 is 0 Å². The second-order valence-corrected chi connectivity index (χ2v) is 10.3. The molecule has 0 saturated carbocycles. The summed E-state index contributed by atoms with van der Waals surface area (Å²) in [6.45, 7) is 3.27. The highest BCUT2D eigenvalue weighted by molar-refractivity contribution is 6.09. The number of carbonyl (C=O) groups is 1. The summed E-state index contributed by atoms with van der Waals surface area (Å²) in [5.74, 6) is 0.440. The molecule has 0 unspecified atom stereocenters. The standard InChI is InChI=1S/C32H35N5O4/c1-5-41-20-21-9-12-30(33-17-21)34-28-16-23(18-36(4)32(28)40)25-7-6-8-29(27(25)19-38)37-14-13-22-15-24(35(2)3)10-11-26(22)31(37)39/h6-12,15-18,38H,5,13-14,19-20H2,1-4H3,(H,33,34). The minimum atomic E-state index is -0.268. The second-order valence-electron chi connectivity index (χ2n) is 10.3. The number of anilines is 4. The largest absolute Gasteiger partial charge is 0.392 e. The topological polar surface area (TPSA) is 99.9 Å². The number of hydrogen-bond donors (Lipinski definition) is 2. The van der Waals surface area contributed by atoms with E-state index in [-0.39, 0.29) is 18.1 Å². The van der Waals surface area contributed by atoms with Crippen LogP contribution in [0.5, 0.6) is 0 Å². The highest BCUT2D eigenvalue weighted by Gasteiger charge is 2.28. The number of aliphatic hydroxyl groups is 1. The number of pyridine rings is 2. The van der Waals surface area contributed by atoms with Gasteiger partial charge in [0.15, 0.2) is 0 Å². The maximum atomic E-state index is 13.6. The number of carbonyl (C=O) groups excluding carboxylic acids is 1. The molecule has 0 radical (unpaired) electrons. The van der Waals surface area contributed by atoms with Crippen LogP contribution in [-0.4, -0.2) is 47.8 Å². The Morgan fingerprint density at radius 2 is 1.90 bits per heavy atom. The van der Waals surface area contributed by atoms with Gasteiger partial charge in [-0.3, -0.25) is 9.59 Å². The maximum Gasteiger partial charge on any atom is 0.274 e. The van der Waals surface area contributed by atoms with E-state index < -0.39 is 0 Å². The lowest BCUT2D eigenvalue weighted by Crippen LogP contribution is -2.38. The van der Waals surface area contributed by atoms with E-state index in [2.05, 4.69) is 16.4 Å². The second kappa shape index (κ2) is 12.0. The number of fused-ring (bicyclic) bond motifs is 1. The SMILES string of the molecule is CCOCc1ccc(Nc2cc(-c3cccc(N4CCc5cc(N(C)C)ccc5C4=O)c3CO)cn(C)c2=O)nc1. The highest BCUT2D eigenvalue weighted by Crippen LogP contribution is 2.35. The number of aliphatic hydroxyl groups excluding tert-OH is 1. The Morgan fingerprint density at radius 3 is 2.61 bits per heavy atom. The summed E-state index contributed by atoms with van der Waals surface area (Å²) < 4.78 is 6.93. The fraction of sp³-hybridized carbons (Fsp3) is 0.281. The van der Waals surface area contributed by atoms with Gasteiger partial charge >= 0.3 is 0 Å². The molecule has 2 aromatic heterocycles. The number of amides is 1. The average Bonchev–Trinajstić information content (AvgIpc) is 2.98. The van der Waals surface area contributed by atoms with E-state index in [1.165, 1.54) is 4.57 Å². The average molecular weight is 554 g/mol. The van der Waals surface area contributed by atoms with Crippen molar-refractivity contribution >= 4 is 28.8 Å². The molecule has 1 aliphatic heterocycles. The van der Waals surface area contributed by atoms with Crippen molar-refractivity contribution in [2.75, 3.05) is 42.4 Å². The number of nitrogens with zero attached hydrogens (tertiary/aromatic N) is 4.